The van der Waals surface area contributed by atoms with Crippen LogP contribution in [-0.4, -0.2) is 28.5 Å². The zero-order valence-electron chi connectivity index (χ0n) is 7.58. The lowest BCUT2D eigenvalue weighted by atomic mass is 10.4. The minimum absolute atomic E-state index is 0.189. The van der Waals surface area contributed by atoms with Crippen LogP contribution in [0.4, 0.5) is 0 Å². The molecule has 1 unspecified atom stereocenters. The molecular formula is C9H10NO3P. The Morgan fingerprint density at radius 1 is 1.36 bits per heavy atom. The van der Waals surface area contributed by atoms with Crippen LogP contribution in [0.25, 0.3) is 0 Å². The summed E-state index contributed by atoms with van der Waals surface area (Å²) in [5, 5.41) is 9.32. The number of carboxylic acid groups (broad SMARTS) is 1. The third-order valence-electron chi connectivity index (χ3n) is 1.60. The van der Waals surface area contributed by atoms with E-state index in [9.17, 15) is 9.69 Å². The third kappa shape index (κ3) is 2.37. The highest BCUT2D eigenvalue weighted by Gasteiger charge is 2.21. The van der Waals surface area contributed by atoms with Gasteiger partial charge in [0, 0.05) is 12.4 Å². The first-order chi connectivity index (χ1) is 6.66. The first-order valence-electron chi connectivity index (χ1n) is 3.91. The van der Waals surface area contributed by atoms with Gasteiger partial charge in [0.05, 0.1) is 0 Å². The topological polar surface area (TPSA) is 69.9 Å². The molecule has 1 rings (SSSR count). The van der Waals surface area contributed by atoms with Gasteiger partial charge in [-0.15, -0.1) is 0 Å². The van der Waals surface area contributed by atoms with Crippen molar-refractivity contribution in [2.45, 2.75) is 0 Å². The fourth-order valence-electron chi connectivity index (χ4n) is 0.972. The molecule has 1 aromatic carbocycles. The molecule has 0 radical (unpaired) electrons. The van der Waals surface area contributed by atoms with Crippen molar-refractivity contribution in [1.82, 2.24) is 0 Å². The van der Waals surface area contributed by atoms with E-state index in [1.165, 1.54) is 7.05 Å². The normalized spacial score (nSPS) is 13.7. The standard InChI is InChI=1S/C9H10NO3P/c1-10-8(9(11)12)14(13)7-5-3-2-4-6-7/h2-6,13H,1H3,(H,11,12). The number of aliphatic carboxylic acids is 1. The van der Waals surface area contributed by atoms with Crippen LogP contribution in [0.5, 0.6) is 0 Å². The van der Waals surface area contributed by atoms with Crippen molar-refractivity contribution in [3.63, 3.8) is 0 Å². The number of carboxylic acids is 1. The van der Waals surface area contributed by atoms with E-state index in [4.69, 9.17) is 5.11 Å². The van der Waals surface area contributed by atoms with E-state index in [2.05, 4.69) is 4.99 Å². The van der Waals surface area contributed by atoms with Crippen molar-refractivity contribution >= 4 is 24.9 Å². The lowest BCUT2D eigenvalue weighted by Gasteiger charge is -2.08. The Balaban J connectivity index is 2.96. The Morgan fingerprint density at radius 2 is 1.93 bits per heavy atom. The lowest BCUT2D eigenvalue weighted by Crippen LogP contribution is -2.16. The number of nitrogens with zero attached hydrogens (tertiary/aromatic N) is 1. The van der Waals surface area contributed by atoms with E-state index in [1.54, 1.807) is 30.3 Å². The minimum Gasteiger partial charge on any atom is -0.476 e. The second kappa shape index (κ2) is 4.84. The predicted molar refractivity (Wildman–Crippen MR) is 56.2 cm³/mol. The van der Waals surface area contributed by atoms with Gasteiger partial charge in [0.2, 0.25) is 0 Å². The molecule has 1 aromatic rings. The monoisotopic (exact) mass is 211 g/mol. The van der Waals surface area contributed by atoms with Crippen molar-refractivity contribution in [1.29, 1.82) is 0 Å². The van der Waals surface area contributed by atoms with Crippen LogP contribution in [0.2, 0.25) is 0 Å². The molecule has 0 amide bonds. The van der Waals surface area contributed by atoms with Crippen molar-refractivity contribution < 1.29 is 14.8 Å². The molecule has 0 heterocycles. The number of rotatable bonds is 3. The molecule has 0 aliphatic heterocycles. The number of hydrogen-bond acceptors (Lipinski definition) is 3. The number of carbonyl (C=O) groups is 1. The Labute approximate surface area is 82.8 Å². The predicted octanol–water partition coefficient (Wildman–Crippen LogP) is 0.814. The molecule has 0 aromatic heterocycles. The Bertz CT molecular complexity index is 350. The minimum atomic E-state index is -1.83. The third-order valence-corrected chi connectivity index (χ3v) is 3.18. The van der Waals surface area contributed by atoms with Gasteiger partial charge in [-0.2, -0.15) is 0 Å². The highest BCUT2D eigenvalue weighted by molar-refractivity contribution is 7.79. The van der Waals surface area contributed by atoms with Crippen LogP contribution in [0.15, 0.2) is 35.3 Å². The van der Waals surface area contributed by atoms with Gasteiger partial charge in [0.1, 0.15) is 8.15 Å². The maximum Gasteiger partial charge on any atom is 0.357 e. The molecule has 0 saturated carbocycles. The maximum absolute atomic E-state index is 10.7. The summed E-state index contributed by atoms with van der Waals surface area (Å²) in [7, 11) is -0.469. The van der Waals surface area contributed by atoms with Gasteiger partial charge in [-0.05, 0) is 0 Å². The summed E-state index contributed by atoms with van der Waals surface area (Å²) >= 11 is 0. The Kier molecular flexibility index (Phi) is 3.74. The van der Waals surface area contributed by atoms with E-state index in [-0.39, 0.29) is 5.45 Å². The Hall–Kier alpha value is -1.25. The number of benzene rings is 1. The molecule has 0 spiro atoms. The first-order valence-corrected chi connectivity index (χ1v) is 5.20. The van der Waals surface area contributed by atoms with Crippen LogP contribution in [-0.2, 0) is 4.79 Å². The van der Waals surface area contributed by atoms with Gasteiger partial charge in [-0.3, -0.25) is 4.99 Å². The summed E-state index contributed by atoms with van der Waals surface area (Å²) in [6.07, 6.45) is 0. The molecule has 0 bridgehead atoms. The van der Waals surface area contributed by atoms with Crippen molar-refractivity contribution in [3.8, 4) is 0 Å². The van der Waals surface area contributed by atoms with Crippen LogP contribution < -0.4 is 5.30 Å². The smallest absolute Gasteiger partial charge is 0.357 e. The van der Waals surface area contributed by atoms with Gasteiger partial charge in [0.25, 0.3) is 0 Å². The van der Waals surface area contributed by atoms with Crippen LogP contribution in [0, 0.1) is 0 Å². The molecule has 1 atom stereocenters. The summed E-state index contributed by atoms with van der Waals surface area (Å²) < 4.78 is 0. The summed E-state index contributed by atoms with van der Waals surface area (Å²) in [6, 6.07) is 8.65. The highest BCUT2D eigenvalue weighted by Crippen LogP contribution is 2.30. The first kappa shape index (κ1) is 10.8. The summed E-state index contributed by atoms with van der Waals surface area (Å²) in [4.78, 5) is 23.9. The van der Waals surface area contributed by atoms with Gasteiger partial charge in [0.15, 0.2) is 5.45 Å². The SMILES string of the molecule is CN=C(C(=O)O)P(O)c1ccccc1. The van der Waals surface area contributed by atoms with Crippen molar-refractivity contribution in [3.05, 3.63) is 30.3 Å². The largest absolute Gasteiger partial charge is 0.476 e. The zero-order chi connectivity index (χ0) is 10.6. The molecule has 74 valence electrons. The fourth-order valence-corrected chi connectivity index (χ4v) is 2.04. The maximum atomic E-state index is 10.7. The second-order valence-corrected chi connectivity index (χ2v) is 4.06. The average Bonchev–Trinajstić information content (AvgIpc) is 2.19. The van der Waals surface area contributed by atoms with E-state index in [1.807, 2.05) is 0 Å². The quantitative estimate of drug-likeness (QED) is 0.574. The zero-order valence-corrected chi connectivity index (χ0v) is 8.48. The number of hydrogen-bond donors (Lipinski definition) is 2. The summed E-state index contributed by atoms with van der Waals surface area (Å²) in [6.45, 7) is 0. The van der Waals surface area contributed by atoms with Gasteiger partial charge in [-0.25, -0.2) is 4.79 Å². The fraction of sp³-hybridized carbons (Fsp3) is 0.111. The molecule has 14 heavy (non-hydrogen) atoms. The highest BCUT2D eigenvalue weighted by atomic mass is 31.1. The van der Waals surface area contributed by atoms with Gasteiger partial charge >= 0.3 is 5.97 Å². The molecule has 0 aliphatic carbocycles. The van der Waals surface area contributed by atoms with Gasteiger partial charge in [-0.1, -0.05) is 30.3 Å². The van der Waals surface area contributed by atoms with Crippen molar-refractivity contribution in [2.75, 3.05) is 7.05 Å². The summed E-state index contributed by atoms with van der Waals surface area (Å²) in [5.41, 5.74) is -0.189. The van der Waals surface area contributed by atoms with Crippen LogP contribution in [0.1, 0.15) is 0 Å². The average molecular weight is 211 g/mol. The van der Waals surface area contributed by atoms with Gasteiger partial charge < -0.3 is 10.00 Å². The van der Waals surface area contributed by atoms with Crippen molar-refractivity contribution in [2.24, 2.45) is 4.99 Å². The van der Waals surface area contributed by atoms with E-state index in [0.717, 1.165) is 0 Å². The van der Waals surface area contributed by atoms with E-state index >= 15 is 0 Å². The molecule has 0 saturated heterocycles. The molecule has 0 aliphatic rings. The van der Waals surface area contributed by atoms with E-state index < -0.39 is 14.1 Å². The molecule has 5 heteroatoms. The Morgan fingerprint density at radius 3 is 2.36 bits per heavy atom. The molecule has 0 fully saturated rings. The van der Waals surface area contributed by atoms with E-state index in [0.29, 0.717) is 5.30 Å². The van der Waals surface area contributed by atoms with Crippen LogP contribution in [0.3, 0.4) is 0 Å². The number of aliphatic imine (C=N–C) groups is 1. The lowest BCUT2D eigenvalue weighted by molar-refractivity contribution is -0.129. The summed E-state index contributed by atoms with van der Waals surface area (Å²) in [5.74, 6) is -1.18. The molecule has 2 N–H and O–H groups in total. The van der Waals surface area contributed by atoms with Crippen LogP contribution >= 0.6 is 8.15 Å². The molecular weight excluding hydrogens is 201 g/mol. The second-order valence-electron chi connectivity index (χ2n) is 2.50. The molecule has 4 nitrogen and oxygen atoms in total.